The quantitative estimate of drug-likeness (QED) is 0.849. The lowest BCUT2D eigenvalue weighted by molar-refractivity contribution is 0.0911. The minimum absolute atomic E-state index is 0.134. The van der Waals surface area contributed by atoms with Crippen LogP contribution in [0.2, 0.25) is 0 Å². The molecule has 1 unspecified atom stereocenters. The molecule has 0 radical (unpaired) electrons. The molecule has 1 aromatic heterocycles. The van der Waals surface area contributed by atoms with Gasteiger partial charge in [0.15, 0.2) is 5.76 Å². The normalized spacial score (nSPS) is 20.6. The number of nitrogens with one attached hydrogen (secondary N) is 1. The van der Waals surface area contributed by atoms with E-state index in [0.717, 1.165) is 54.6 Å². The van der Waals surface area contributed by atoms with Crippen LogP contribution in [-0.2, 0) is 11.0 Å². The van der Waals surface area contributed by atoms with Gasteiger partial charge in [-0.1, -0.05) is 25.7 Å². The first-order chi connectivity index (χ1) is 13.1. The minimum Gasteiger partial charge on any atom is -0.451 e. The first-order valence-electron chi connectivity index (χ1n) is 10.1. The number of nitrogens with zero attached hydrogens (tertiary/aromatic N) is 1. The molecule has 1 saturated carbocycles. The highest BCUT2D eigenvalue weighted by Crippen LogP contribution is 2.29. The van der Waals surface area contributed by atoms with Gasteiger partial charge in [-0.15, -0.1) is 0 Å². The third-order valence-electron chi connectivity index (χ3n) is 5.81. The highest BCUT2D eigenvalue weighted by Gasteiger charge is 2.24. The summed E-state index contributed by atoms with van der Waals surface area (Å²) >= 11 is 0. The van der Waals surface area contributed by atoms with Gasteiger partial charge in [-0.05, 0) is 50.8 Å². The predicted molar refractivity (Wildman–Crippen MR) is 107 cm³/mol. The van der Waals surface area contributed by atoms with Crippen LogP contribution in [-0.4, -0.2) is 33.6 Å². The van der Waals surface area contributed by atoms with Crippen LogP contribution in [0.25, 0.3) is 11.0 Å². The van der Waals surface area contributed by atoms with E-state index in [0.29, 0.717) is 11.3 Å². The Hall–Kier alpha value is -1.66. The summed E-state index contributed by atoms with van der Waals surface area (Å²) < 4.78 is 20.9. The zero-order valence-electron chi connectivity index (χ0n) is 16.0. The number of furan rings is 1. The van der Waals surface area contributed by atoms with E-state index in [1.54, 1.807) is 0 Å². The maximum atomic E-state index is 13.0. The molecule has 1 aliphatic carbocycles. The van der Waals surface area contributed by atoms with Gasteiger partial charge in [-0.25, -0.2) is 8.51 Å². The Bertz CT molecular complexity index is 846. The van der Waals surface area contributed by atoms with E-state index in [9.17, 15) is 9.00 Å². The monoisotopic (exact) mass is 388 g/mol. The smallest absolute Gasteiger partial charge is 0.287 e. The molecule has 4 rings (SSSR count). The highest BCUT2D eigenvalue weighted by atomic mass is 32.2. The van der Waals surface area contributed by atoms with E-state index in [2.05, 4.69) is 9.62 Å². The summed E-state index contributed by atoms with van der Waals surface area (Å²) in [7, 11) is -1.16. The molecule has 2 heterocycles. The maximum Gasteiger partial charge on any atom is 0.287 e. The van der Waals surface area contributed by atoms with Crippen LogP contribution in [0.15, 0.2) is 27.5 Å². The molecule has 0 bridgehead atoms. The first kappa shape index (κ1) is 18.7. The molecular formula is C21H28N2O3S. The number of aryl methyl sites for hydroxylation is 1. The number of benzene rings is 1. The lowest BCUT2D eigenvalue weighted by atomic mass is 10.1. The van der Waals surface area contributed by atoms with Crippen molar-refractivity contribution in [3.63, 3.8) is 0 Å². The fraction of sp³-hybridized carbons (Fsp3) is 0.571. The topological polar surface area (TPSA) is 62.6 Å². The summed E-state index contributed by atoms with van der Waals surface area (Å²) in [6.07, 6.45) is 9.08. The standard InChI is InChI=1S/C21H28N2O3S/c1-15-18-14-17(27(25)23-12-6-2-3-7-13-23)10-11-19(18)26-20(15)21(24)22-16-8-4-5-9-16/h10-11,14,16H,2-9,12-13H2,1H3,(H,22,24). The molecule has 0 spiro atoms. The summed E-state index contributed by atoms with van der Waals surface area (Å²) in [5.74, 6) is 0.250. The number of amides is 1. The van der Waals surface area contributed by atoms with Crippen molar-refractivity contribution in [2.75, 3.05) is 13.1 Å². The van der Waals surface area contributed by atoms with Crippen LogP contribution in [0.5, 0.6) is 0 Å². The van der Waals surface area contributed by atoms with Crippen molar-refractivity contribution in [1.82, 2.24) is 9.62 Å². The average molecular weight is 389 g/mol. The summed E-state index contributed by atoms with van der Waals surface area (Å²) in [5, 5.41) is 3.97. The third kappa shape index (κ3) is 3.97. The molecule has 5 nitrogen and oxygen atoms in total. The first-order valence-corrected chi connectivity index (χ1v) is 11.2. The van der Waals surface area contributed by atoms with Gasteiger partial charge in [-0.2, -0.15) is 0 Å². The van der Waals surface area contributed by atoms with Gasteiger partial charge < -0.3 is 9.73 Å². The Labute approximate surface area is 163 Å². The Morgan fingerprint density at radius 1 is 1.11 bits per heavy atom. The minimum atomic E-state index is -1.16. The van der Waals surface area contributed by atoms with Gasteiger partial charge in [0.25, 0.3) is 5.91 Å². The summed E-state index contributed by atoms with van der Waals surface area (Å²) in [5.41, 5.74) is 1.51. The van der Waals surface area contributed by atoms with E-state index in [-0.39, 0.29) is 11.9 Å². The van der Waals surface area contributed by atoms with E-state index >= 15 is 0 Å². The lowest BCUT2D eigenvalue weighted by Crippen LogP contribution is -2.32. The van der Waals surface area contributed by atoms with Crippen molar-refractivity contribution in [2.45, 2.75) is 69.2 Å². The van der Waals surface area contributed by atoms with Crippen molar-refractivity contribution in [3.8, 4) is 0 Å². The third-order valence-corrected chi connectivity index (χ3v) is 7.30. The van der Waals surface area contributed by atoms with Gasteiger partial charge in [0.05, 0.1) is 4.90 Å². The van der Waals surface area contributed by atoms with Gasteiger partial charge in [-0.3, -0.25) is 4.79 Å². The molecule has 2 aromatic rings. The molecule has 1 amide bonds. The number of hydrogen-bond donors (Lipinski definition) is 1. The molecule has 2 fully saturated rings. The number of rotatable bonds is 4. The molecular weight excluding hydrogens is 360 g/mol. The van der Waals surface area contributed by atoms with Crippen LogP contribution >= 0.6 is 0 Å². The number of carbonyl (C=O) groups is 1. The van der Waals surface area contributed by atoms with Crippen molar-refractivity contribution in [2.24, 2.45) is 0 Å². The van der Waals surface area contributed by atoms with Gasteiger partial charge in [0, 0.05) is 30.1 Å². The molecule has 6 heteroatoms. The SMILES string of the molecule is Cc1c(C(=O)NC2CCCC2)oc2ccc(S(=O)N3CCCCCC3)cc12. The largest absolute Gasteiger partial charge is 0.451 e. The Morgan fingerprint density at radius 3 is 2.52 bits per heavy atom. The van der Waals surface area contributed by atoms with Crippen molar-refractivity contribution in [3.05, 3.63) is 29.5 Å². The molecule has 1 saturated heterocycles. The fourth-order valence-corrected chi connectivity index (χ4v) is 5.49. The van der Waals surface area contributed by atoms with Gasteiger partial charge in [0.2, 0.25) is 0 Å². The van der Waals surface area contributed by atoms with E-state index in [4.69, 9.17) is 4.42 Å². The number of hydrogen-bond acceptors (Lipinski definition) is 3. The van der Waals surface area contributed by atoms with Gasteiger partial charge >= 0.3 is 0 Å². The highest BCUT2D eigenvalue weighted by molar-refractivity contribution is 7.82. The average Bonchev–Trinajstić information content (AvgIpc) is 3.20. The van der Waals surface area contributed by atoms with E-state index in [1.165, 1.54) is 25.7 Å². The van der Waals surface area contributed by atoms with Crippen LogP contribution in [0.3, 0.4) is 0 Å². The second kappa shape index (κ2) is 8.15. The Morgan fingerprint density at radius 2 is 1.81 bits per heavy atom. The van der Waals surface area contributed by atoms with Crippen LogP contribution < -0.4 is 5.32 Å². The molecule has 27 heavy (non-hydrogen) atoms. The number of fused-ring (bicyclic) bond motifs is 1. The zero-order chi connectivity index (χ0) is 18.8. The summed E-state index contributed by atoms with van der Waals surface area (Å²) in [6, 6.07) is 5.91. The lowest BCUT2D eigenvalue weighted by Gasteiger charge is -2.18. The van der Waals surface area contributed by atoms with Gasteiger partial charge in [0.1, 0.15) is 16.6 Å². The summed E-state index contributed by atoms with van der Waals surface area (Å²) in [4.78, 5) is 13.4. The van der Waals surface area contributed by atoms with Crippen molar-refractivity contribution >= 4 is 27.9 Å². The maximum absolute atomic E-state index is 13.0. The molecule has 146 valence electrons. The molecule has 1 aromatic carbocycles. The second-order valence-electron chi connectivity index (χ2n) is 7.76. The van der Waals surface area contributed by atoms with E-state index < -0.39 is 11.0 Å². The molecule has 1 aliphatic heterocycles. The van der Waals surface area contributed by atoms with Crippen molar-refractivity contribution < 1.29 is 13.4 Å². The predicted octanol–water partition coefficient (Wildman–Crippen LogP) is 4.31. The molecule has 2 aliphatic rings. The summed E-state index contributed by atoms with van der Waals surface area (Å²) in [6.45, 7) is 3.67. The Balaban J connectivity index is 1.57. The molecule has 1 atom stereocenters. The number of carbonyl (C=O) groups excluding carboxylic acids is 1. The van der Waals surface area contributed by atoms with E-state index in [1.807, 2.05) is 25.1 Å². The van der Waals surface area contributed by atoms with Crippen LogP contribution in [0.4, 0.5) is 0 Å². The van der Waals surface area contributed by atoms with Crippen LogP contribution in [0, 0.1) is 6.92 Å². The zero-order valence-corrected chi connectivity index (χ0v) is 16.8. The fourth-order valence-electron chi connectivity index (χ4n) is 4.20. The van der Waals surface area contributed by atoms with Crippen molar-refractivity contribution in [1.29, 1.82) is 0 Å². The van der Waals surface area contributed by atoms with Crippen LogP contribution in [0.1, 0.15) is 67.5 Å². The Kier molecular flexibility index (Phi) is 5.64. The molecule has 1 N–H and O–H groups in total. The second-order valence-corrected chi connectivity index (χ2v) is 9.25.